The Kier molecular flexibility index (Phi) is 8.26. The Balaban J connectivity index is 1.73. The molecule has 1 aliphatic rings. The molecule has 3 rings (SSSR count). The topological polar surface area (TPSA) is 40.6 Å². The standard InChI is InChI=1S/C25H32N2O2S/c1-3-16-26(25(29)22-12-8-5-9-13-22)19-24(28)27(17-21-10-6-4-7-11-21)18-23-15-14-20(2)30-23/h3-4,6-7,10-11,14-15,22H,1,5,8-9,12-13,16-19H2,2H3. The molecule has 0 spiro atoms. The van der Waals surface area contributed by atoms with Crippen LogP contribution in [0.25, 0.3) is 0 Å². The average Bonchev–Trinajstić information content (AvgIpc) is 3.18. The first-order chi connectivity index (χ1) is 14.6. The lowest BCUT2D eigenvalue weighted by atomic mass is 9.88. The summed E-state index contributed by atoms with van der Waals surface area (Å²) in [4.78, 5) is 32.4. The minimum absolute atomic E-state index is 0.0177. The van der Waals surface area contributed by atoms with Crippen LogP contribution in [-0.2, 0) is 22.7 Å². The lowest BCUT2D eigenvalue weighted by Crippen LogP contribution is -2.44. The SMILES string of the molecule is C=CCN(CC(=O)N(Cc1ccccc1)Cc1ccc(C)s1)C(=O)C1CCCCC1. The van der Waals surface area contributed by atoms with E-state index in [2.05, 4.69) is 25.6 Å². The normalized spacial score (nSPS) is 14.3. The number of hydrogen-bond acceptors (Lipinski definition) is 3. The van der Waals surface area contributed by atoms with Gasteiger partial charge in [-0.3, -0.25) is 9.59 Å². The maximum Gasteiger partial charge on any atom is 0.242 e. The second-order valence-corrected chi connectivity index (χ2v) is 9.46. The molecule has 30 heavy (non-hydrogen) atoms. The number of rotatable bonds is 9. The molecule has 1 aromatic heterocycles. The van der Waals surface area contributed by atoms with Crippen molar-refractivity contribution in [3.63, 3.8) is 0 Å². The predicted octanol–water partition coefficient (Wildman–Crippen LogP) is 5.18. The fourth-order valence-electron chi connectivity index (χ4n) is 4.05. The molecule has 5 heteroatoms. The smallest absolute Gasteiger partial charge is 0.242 e. The third kappa shape index (κ3) is 6.30. The third-order valence-corrected chi connectivity index (χ3v) is 6.64. The van der Waals surface area contributed by atoms with Gasteiger partial charge in [0, 0.05) is 28.8 Å². The van der Waals surface area contributed by atoms with E-state index in [1.54, 1.807) is 22.3 Å². The van der Waals surface area contributed by atoms with Crippen LogP contribution in [0.2, 0.25) is 0 Å². The highest BCUT2D eigenvalue weighted by molar-refractivity contribution is 7.11. The molecule has 0 saturated heterocycles. The third-order valence-electron chi connectivity index (χ3n) is 5.65. The van der Waals surface area contributed by atoms with Crippen molar-refractivity contribution < 1.29 is 9.59 Å². The van der Waals surface area contributed by atoms with Crippen molar-refractivity contribution in [2.75, 3.05) is 13.1 Å². The molecule has 0 bridgehead atoms. The highest BCUT2D eigenvalue weighted by Gasteiger charge is 2.28. The van der Waals surface area contributed by atoms with Gasteiger partial charge in [0.15, 0.2) is 0 Å². The molecule has 1 aromatic carbocycles. The van der Waals surface area contributed by atoms with Gasteiger partial charge in [0.1, 0.15) is 6.54 Å². The molecule has 0 N–H and O–H groups in total. The van der Waals surface area contributed by atoms with Gasteiger partial charge < -0.3 is 9.80 Å². The zero-order valence-corrected chi connectivity index (χ0v) is 18.7. The monoisotopic (exact) mass is 424 g/mol. The van der Waals surface area contributed by atoms with Gasteiger partial charge in [0.2, 0.25) is 11.8 Å². The maximum absolute atomic E-state index is 13.3. The summed E-state index contributed by atoms with van der Waals surface area (Å²) in [5.74, 6) is 0.138. The first kappa shape index (κ1) is 22.3. The summed E-state index contributed by atoms with van der Waals surface area (Å²) >= 11 is 1.71. The maximum atomic E-state index is 13.3. The number of nitrogens with zero attached hydrogens (tertiary/aromatic N) is 2. The second kappa shape index (κ2) is 11.1. The molecule has 2 amide bonds. The zero-order chi connectivity index (χ0) is 21.3. The van der Waals surface area contributed by atoms with Crippen molar-refractivity contribution in [3.8, 4) is 0 Å². The fourth-order valence-corrected chi connectivity index (χ4v) is 4.96. The Bertz CT molecular complexity index is 840. The van der Waals surface area contributed by atoms with Gasteiger partial charge in [-0.25, -0.2) is 0 Å². The van der Waals surface area contributed by atoms with Gasteiger partial charge in [-0.1, -0.05) is 55.7 Å². The van der Waals surface area contributed by atoms with Crippen LogP contribution in [0.1, 0.15) is 47.4 Å². The Morgan fingerprint density at radius 2 is 1.77 bits per heavy atom. The van der Waals surface area contributed by atoms with Gasteiger partial charge in [0.25, 0.3) is 0 Å². The van der Waals surface area contributed by atoms with Crippen LogP contribution in [0, 0.1) is 12.8 Å². The summed E-state index contributed by atoms with van der Waals surface area (Å²) < 4.78 is 0. The number of thiophene rings is 1. The van der Waals surface area contributed by atoms with Gasteiger partial charge in [0.05, 0.1) is 6.54 Å². The van der Waals surface area contributed by atoms with E-state index in [1.165, 1.54) is 11.3 Å². The summed E-state index contributed by atoms with van der Waals surface area (Å²) in [5, 5.41) is 0. The van der Waals surface area contributed by atoms with Crippen LogP contribution in [0.4, 0.5) is 0 Å². The van der Waals surface area contributed by atoms with Crippen molar-refractivity contribution in [2.24, 2.45) is 5.92 Å². The first-order valence-electron chi connectivity index (χ1n) is 10.8. The molecule has 0 aliphatic heterocycles. The molecule has 1 aliphatic carbocycles. The average molecular weight is 425 g/mol. The number of amides is 2. The lowest BCUT2D eigenvalue weighted by Gasteiger charge is -2.30. The van der Waals surface area contributed by atoms with Gasteiger partial charge in [-0.15, -0.1) is 17.9 Å². The van der Waals surface area contributed by atoms with Crippen LogP contribution in [-0.4, -0.2) is 34.7 Å². The largest absolute Gasteiger partial charge is 0.332 e. The molecular weight excluding hydrogens is 392 g/mol. The summed E-state index contributed by atoms with van der Waals surface area (Å²) in [6.45, 7) is 7.50. The molecule has 0 unspecified atom stereocenters. The summed E-state index contributed by atoms with van der Waals surface area (Å²) in [6.07, 6.45) is 6.99. The molecule has 1 heterocycles. The summed E-state index contributed by atoms with van der Waals surface area (Å²) in [7, 11) is 0. The van der Waals surface area contributed by atoms with Crippen molar-refractivity contribution >= 4 is 23.2 Å². The van der Waals surface area contributed by atoms with Crippen molar-refractivity contribution in [1.82, 2.24) is 9.80 Å². The minimum atomic E-state index is -0.0177. The predicted molar refractivity (Wildman–Crippen MR) is 123 cm³/mol. The van der Waals surface area contributed by atoms with Crippen LogP contribution in [0.3, 0.4) is 0 Å². The molecular formula is C25H32N2O2S. The molecule has 0 radical (unpaired) electrons. The quantitative estimate of drug-likeness (QED) is 0.521. The highest BCUT2D eigenvalue weighted by atomic mass is 32.1. The Morgan fingerprint density at radius 1 is 1.03 bits per heavy atom. The van der Waals surface area contributed by atoms with Crippen LogP contribution in [0.15, 0.2) is 55.1 Å². The highest BCUT2D eigenvalue weighted by Crippen LogP contribution is 2.26. The Morgan fingerprint density at radius 3 is 2.40 bits per heavy atom. The van der Waals surface area contributed by atoms with E-state index in [0.717, 1.165) is 36.1 Å². The van der Waals surface area contributed by atoms with Gasteiger partial charge in [-0.05, 0) is 37.5 Å². The lowest BCUT2D eigenvalue weighted by molar-refractivity contribution is -0.143. The van der Waals surface area contributed by atoms with Crippen LogP contribution < -0.4 is 0 Å². The number of carbonyl (C=O) groups excluding carboxylic acids is 2. The van der Waals surface area contributed by atoms with Crippen molar-refractivity contribution in [1.29, 1.82) is 0 Å². The number of carbonyl (C=O) groups is 2. The van der Waals surface area contributed by atoms with E-state index in [9.17, 15) is 9.59 Å². The molecule has 2 aromatic rings. The van der Waals surface area contributed by atoms with Crippen molar-refractivity contribution in [2.45, 2.75) is 52.1 Å². The molecule has 1 fully saturated rings. The van der Waals surface area contributed by atoms with Crippen LogP contribution in [0.5, 0.6) is 0 Å². The number of hydrogen-bond donors (Lipinski definition) is 0. The zero-order valence-electron chi connectivity index (χ0n) is 17.9. The van der Waals surface area contributed by atoms with Crippen LogP contribution >= 0.6 is 11.3 Å². The second-order valence-electron chi connectivity index (χ2n) is 8.09. The van der Waals surface area contributed by atoms with E-state index in [1.807, 2.05) is 35.2 Å². The van der Waals surface area contributed by atoms with Gasteiger partial charge >= 0.3 is 0 Å². The fraction of sp³-hybridized carbons (Fsp3) is 0.440. The molecule has 160 valence electrons. The van der Waals surface area contributed by atoms with E-state index in [4.69, 9.17) is 0 Å². The molecule has 1 saturated carbocycles. The summed E-state index contributed by atoms with van der Waals surface area (Å²) in [5.41, 5.74) is 1.09. The van der Waals surface area contributed by atoms with E-state index < -0.39 is 0 Å². The molecule has 4 nitrogen and oxygen atoms in total. The summed E-state index contributed by atoms with van der Waals surface area (Å²) in [6, 6.07) is 14.2. The van der Waals surface area contributed by atoms with E-state index >= 15 is 0 Å². The van der Waals surface area contributed by atoms with E-state index in [0.29, 0.717) is 19.6 Å². The Labute approximate surface area is 184 Å². The number of benzene rings is 1. The first-order valence-corrected chi connectivity index (χ1v) is 11.6. The van der Waals surface area contributed by atoms with Gasteiger partial charge in [-0.2, -0.15) is 0 Å². The minimum Gasteiger partial charge on any atom is -0.332 e. The Hall–Kier alpha value is -2.40. The number of aryl methyl sites for hydroxylation is 1. The van der Waals surface area contributed by atoms with E-state index in [-0.39, 0.29) is 24.3 Å². The molecule has 0 atom stereocenters. The van der Waals surface area contributed by atoms with Crippen molar-refractivity contribution in [3.05, 3.63) is 70.4 Å².